The Morgan fingerprint density at radius 2 is 2.05 bits per heavy atom. The average molecular weight is 286 g/mol. The summed E-state index contributed by atoms with van der Waals surface area (Å²) in [6.07, 6.45) is 0.156. The summed E-state index contributed by atoms with van der Waals surface area (Å²) in [6, 6.07) is 4.55. The number of phenolic OH excluding ortho intramolecular Hbond substituents is 1. The van der Waals surface area contributed by atoms with Gasteiger partial charge in [0, 0.05) is 18.1 Å². The van der Waals surface area contributed by atoms with Crippen molar-refractivity contribution >= 4 is 17.5 Å². The van der Waals surface area contributed by atoms with Gasteiger partial charge in [0.15, 0.2) is 0 Å². The monoisotopic (exact) mass is 285 g/mol. The predicted octanol–water partition coefficient (Wildman–Crippen LogP) is 2.21. The van der Waals surface area contributed by atoms with Crippen LogP contribution in [0.5, 0.6) is 5.75 Å². The number of amides is 1. The summed E-state index contributed by atoms with van der Waals surface area (Å²) in [6.45, 7) is 5.99. The van der Waals surface area contributed by atoms with E-state index in [4.69, 9.17) is 11.6 Å². The van der Waals surface area contributed by atoms with Gasteiger partial charge in [-0.25, -0.2) is 0 Å². The molecule has 5 heteroatoms. The van der Waals surface area contributed by atoms with Crippen LogP contribution in [0.1, 0.15) is 26.3 Å². The molecule has 0 aliphatic carbocycles. The van der Waals surface area contributed by atoms with Crippen LogP contribution in [0.3, 0.4) is 0 Å². The fourth-order valence-electron chi connectivity index (χ4n) is 1.80. The fraction of sp³-hybridized carbons (Fsp3) is 0.500. The lowest BCUT2D eigenvalue weighted by Gasteiger charge is -2.28. The minimum absolute atomic E-state index is 0.0741. The number of aliphatic hydroxyl groups is 1. The molecule has 0 saturated carbocycles. The number of halogens is 1. The van der Waals surface area contributed by atoms with Crippen LogP contribution >= 0.6 is 11.6 Å². The number of likely N-dealkylation sites (N-methyl/N-ethyl adjacent to an activating group) is 1. The minimum Gasteiger partial charge on any atom is -0.508 e. The number of hydrogen-bond acceptors (Lipinski definition) is 3. The molecule has 106 valence electrons. The molecule has 1 amide bonds. The Labute approximate surface area is 118 Å². The molecule has 2 N–H and O–H groups in total. The zero-order valence-corrected chi connectivity index (χ0v) is 12.2. The molecule has 0 spiro atoms. The van der Waals surface area contributed by atoms with Crippen LogP contribution in [0.2, 0.25) is 5.02 Å². The maximum Gasteiger partial charge on any atom is 0.227 e. The van der Waals surface area contributed by atoms with Crippen molar-refractivity contribution in [3.63, 3.8) is 0 Å². The van der Waals surface area contributed by atoms with Crippen LogP contribution in [0, 0.1) is 0 Å². The van der Waals surface area contributed by atoms with E-state index in [1.165, 1.54) is 12.1 Å². The van der Waals surface area contributed by atoms with Crippen molar-refractivity contribution < 1.29 is 15.0 Å². The van der Waals surface area contributed by atoms with Crippen molar-refractivity contribution in [2.75, 3.05) is 13.1 Å². The van der Waals surface area contributed by atoms with Crippen LogP contribution in [-0.2, 0) is 11.2 Å². The van der Waals surface area contributed by atoms with Gasteiger partial charge in [-0.1, -0.05) is 17.7 Å². The topological polar surface area (TPSA) is 60.8 Å². The van der Waals surface area contributed by atoms with Crippen molar-refractivity contribution in [3.8, 4) is 5.75 Å². The second kappa shape index (κ2) is 6.26. The van der Waals surface area contributed by atoms with Crippen molar-refractivity contribution in [3.05, 3.63) is 28.8 Å². The Morgan fingerprint density at radius 3 is 2.53 bits per heavy atom. The first-order valence-electron chi connectivity index (χ1n) is 6.20. The zero-order chi connectivity index (χ0) is 14.6. The first kappa shape index (κ1) is 15.8. The van der Waals surface area contributed by atoms with Crippen LogP contribution in [-0.4, -0.2) is 39.7 Å². The Bertz CT molecular complexity index is 454. The Hall–Kier alpha value is -1.26. The Morgan fingerprint density at radius 1 is 1.42 bits per heavy atom. The highest BCUT2D eigenvalue weighted by atomic mass is 35.5. The lowest BCUT2D eigenvalue weighted by molar-refractivity contribution is -0.133. The van der Waals surface area contributed by atoms with E-state index in [0.717, 1.165) is 0 Å². The van der Waals surface area contributed by atoms with E-state index in [0.29, 0.717) is 17.1 Å². The Balaban J connectivity index is 2.77. The molecule has 1 rings (SSSR count). The lowest BCUT2D eigenvalue weighted by Crippen LogP contribution is -2.42. The molecular weight excluding hydrogens is 266 g/mol. The van der Waals surface area contributed by atoms with Crippen LogP contribution in [0.25, 0.3) is 0 Å². The summed E-state index contributed by atoms with van der Waals surface area (Å²) < 4.78 is 0. The molecule has 0 saturated heterocycles. The maximum atomic E-state index is 12.2. The average Bonchev–Trinajstić information content (AvgIpc) is 2.28. The largest absolute Gasteiger partial charge is 0.508 e. The highest BCUT2D eigenvalue weighted by Gasteiger charge is 2.21. The number of hydrogen-bond donors (Lipinski definition) is 2. The van der Waals surface area contributed by atoms with Gasteiger partial charge < -0.3 is 15.1 Å². The van der Waals surface area contributed by atoms with Gasteiger partial charge in [0.25, 0.3) is 0 Å². The molecule has 0 fully saturated rings. The Kier molecular flexibility index (Phi) is 5.20. The summed E-state index contributed by atoms with van der Waals surface area (Å²) in [5.41, 5.74) is -0.261. The molecule has 0 radical (unpaired) electrons. The second-order valence-electron chi connectivity index (χ2n) is 5.17. The zero-order valence-electron chi connectivity index (χ0n) is 11.5. The first-order valence-corrected chi connectivity index (χ1v) is 6.58. The van der Waals surface area contributed by atoms with Gasteiger partial charge in [-0.05, 0) is 38.5 Å². The molecule has 0 bridgehead atoms. The number of carbonyl (C=O) groups excluding carboxylic acids is 1. The summed E-state index contributed by atoms with van der Waals surface area (Å²) in [4.78, 5) is 13.7. The van der Waals surface area contributed by atoms with Crippen molar-refractivity contribution in [1.82, 2.24) is 4.90 Å². The molecule has 0 atom stereocenters. The molecule has 4 nitrogen and oxygen atoms in total. The predicted molar refractivity (Wildman–Crippen MR) is 75.4 cm³/mol. The van der Waals surface area contributed by atoms with Gasteiger partial charge >= 0.3 is 0 Å². The highest BCUT2D eigenvalue weighted by Crippen LogP contribution is 2.22. The van der Waals surface area contributed by atoms with Crippen molar-refractivity contribution in [2.24, 2.45) is 0 Å². The maximum absolute atomic E-state index is 12.2. The molecule has 0 aromatic heterocycles. The summed E-state index contributed by atoms with van der Waals surface area (Å²) in [7, 11) is 0. The third-order valence-corrected chi connectivity index (χ3v) is 3.04. The molecule has 0 aliphatic rings. The molecule has 19 heavy (non-hydrogen) atoms. The van der Waals surface area contributed by atoms with Crippen LogP contribution in [0.4, 0.5) is 0 Å². The van der Waals surface area contributed by atoms with E-state index in [-0.39, 0.29) is 24.6 Å². The van der Waals surface area contributed by atoms with Crippen molar-refractivity contribution in [2.45, 2.75) is 32.8 Å². The van der Waals surface area contributed by atoms with Gasteiger partial charge in [-0.15, -0.1) is 0 Å². The molecule has 1 aromatic rings. The van der Waals surface area contributed by atoms with Gasteiger partial charge in [-0.3, -0.25) is 4.79 Å². The number of benzene rings is 1. The van der Waals surface area contributed by atoms with E-state index in [1.807, 2.05) is 6.92 Å². The smallest absolute Gasteiger partial charge is 0.227 e. The number of rotatable bonds is 5. The van der Waals surface area contributed by atoms with Gasteiger partial charge in [-0.2, -0.15) is 0 Å². The first-order chi connectivity index (χ1) is 8.73. The molecule has 0 unspecified atom stereocenters. The van der Waals surface area contributed by atoms with Crippen LogP contribution < -0.4 is 0 Å². The lowest BCUT2D eigenvalue weighted by atomic mass is 10.1. The standard InChI is InChI=1S/C14H20ClNO3/c1-4-16(9-14(2,3)19)13(18)7-10-5-6-11(17)8-12(10)15/h5-6,8,17,19H,4,7,9H2,1-3H3. The van der Waals surface area contributed by atoms with E-state index in [2.05, 4.69) is 0 Å². The minimum atomic E-state index is -0.926. The normalized spacial score (nSPS) is 11.4. The van der Waals surface area contributed by atoms with Gasteiger partial charge in [0.1, 0.15) is 5.75 Å². The van der Waals surface area contributed by atoms with E-state index in [1.54, 1.807) is 24.8 Å². The van der Waals surface area contributed by atoms with E-state index in [9.17, 15) is 15.0 Å². The fourth-order valence-corrected chi connectivity index (χ4v) is 2.04. The third-order valence-electron chi connectivity index (χ3n) is 2.69. The van der Waals surface area contributed by atoms with Gasteiger partial charge in [0.05, 0.1) is 12.0 Å². The van der Waals surface area contributed by atoms with Crippen molar-refractivity contribution in [1.29, 1.82) is 0 Å². The molecular formula is C14H20ClNO3. The number of nitrogens with zero attached hydrogens (tertiary/aromatic N) is 1. The number of carbonyl (C=O) groups is 1. The summed E-state index contributed by atoms with van der Waals surface area (Å²) in [5, 5.41) is 19.4. The number of aromatic hydroxyl groups is 1. The van der Waals surface area contributed by atoms with E-state index < -0.39 is 5.60 Å². The van der Waals surface area contributed by atoms with Gasteiger partial charge in [0.2, 0.25) is 5.91 Å². The van der Waals surface area contributed by atoms with E-state index >= 15 is 0 Å². The quantitative estimate of drug-likeness (QED) is 0.872. The highest BCUT2D eigenvalue weighted by molar-refractivity contribution is 6.31. The SMILES string of the molecule is CCN(CC(C)(C)O)C(=O)Cc1ccc(O)cc1Cl. The summed E-state index contributed by atoms with van der Waals surface area (Å²) in [5.74, 6) is -0.0257. The third kappa shape index (κ3) is 5.09. The number of phenols is 1. The molecule has 0 heterocycles. The molecule has 1 aromatic carbocycles. The molecule has 0 aliphatic heterocycles. The second-order valence-corrected chi connectivity index (χ2v) is 5.58. The summed E-state index contributed by atoms with van der Waals surface area (Å²) >= 11 is 5.97. The van der Waals surface area contributed by atoms with Crippen LogP contribution in [0.15, 0.2) is 18.2 Å².